The number of carbonyl (C=O) groups excluding carboxylic acids is 2. The first kappa shape index (κ1) is 13.2. The van der Waals surface area contributed by atoms with Crippen molar-refractivity contribution in [1.82, 2.24) is 5.32 Å². The molecule has 0 aromatic heterocycles. The maximum Gasteiger partial charge on any atom is 0.415 e. The van der Waals surface area contributed by atoms with Crippen molar-refractivity contribution in [3.63, 3.8) is 0 Å². The number of rotatable bonds is 5. The van der Waals surface area contributed by atoms with Crippen LogP contribution in [0.1, 0.15) is 23.2 Å². The molecule has 0 bridgehead atoms. The summed E-state index contributed by atoms with van der Waals surface area (Å²) in [6, 6.07) is 8.36. The predicted octanol–water partition coefficient (Wildman–Crippen LogP) is 1.29. The Morgan fingerprint density at radius 3 is 2.53 bits per heavy atom. The number of nitrogens with two attached hydrogens (primary N) is 1. The molecule has 0 saturated heterocycles. The highest BCUT2D eigenvalue weighted by molar-refractivity contribution is 5.96. The minimum absolute atomic E-state index is 0.351. The third-order valence-electron chi connectivity index (χ3n) is 2.10. The number of amides is 1. The fraction of sp³-hybridized carbons (Fsp3) is 0.333. The monoisotopic (exact) mass is 236 g/mol. The van der Waals surface area contributed by atoms with E-state index in [9.17, 15) is 9.59 Å². The van der Waals surface area contributed by atoms with Gasteiger partial charge in [-0.05, 0) is 31.5 Å². The van der Waals surface area contributed by atoms with Crippen LogP contribution in [0.15, 0.2) is 30.3 Å². The van der Waals surface area contributed by atoms with E-state index in [4.69, 9.17) is 5.73 Å². The zero-order chi connectivity index (χ0) is 12.5. The van der Waals surface area contributed by atoms with Crippen LogP contribution in [0.3, 0.4) is 0 Å². The average molecular weight is 236 g/mol. The van der Waals surface area contributed by atoms with Crippen LogP contribution in [0.4, 0.5) is 4.79 Å². The number of carbonyl (C=O) groups is 2. The maximum atomic E-state index is 11.4. The first-order chi connectivity index (χ1) is 8.24. The Morgan fingerprint density at radius 2 is 1.88 bits per heavy atom. The molecule has 0 fully saturated rings. The Balaban J connectivity index is 2.29. The predicted molar refractivity (Wildman–Crippen MR) is 63.5 cm³/mol. The molecule has 0 heterocycles. The van der Waals surface area contributed by atoms with E-state index in [0.29, 0.717) is 18.7 Å². The van der Waals surface area contributed by atoms with Crippen LogP contribution in [-0.2, 0) is 4.74 Å². The molecule has 0 spiro atoms. The van der Waals surface area contributed by atoms with Gasteiger partial charge in [0.05, 0.1) is 5.56 Å². The molecular weight excluding hydrogens is 220 g/mol. The van der Waals surface area contributed by atoms with Gasteiger partial charge in [0.25, 0.3) is 0 Å². The van der Waals surface area contributed by atoms with Gasteiger partial charge in [-0.25, -0.2) is 9.59 Å². The molecule has 0 unspecified atom stereocenters. The lowest BCUT2D eigenvalue weighted by Gasteiger charge is -2.04. The quantitative estimate of drug-likeness (QED) is 0.458. The number of alkyl carbamates (subject to hydrolysis) is 1. The second kappa shape index (κ2) is 7.40. The molecular formula is C12H16N2O3. The average Bonchev–Trinajstić information content (AvgIpc) is 2.36. The lowest BCUT2D eigenvalue weighted by atomic mass is 10.2. The number of ether oxygens (including phenoxy) is 1. The lowest BCUT2D eigenvalue weighted by Crippen LogP contribution is -2.28. The van der Waals surface area contributed by atoms with Gasteiger partial charge in [0.1, 0.15) is 0 Å². The normalized spacial score (nSPS) is 9.71. The molecule has 1 aromatic rings. The summed E-state index contributed by atoms with van der Waals surface area (Å²) in [5, 5.41) is 2.48. The molecule has 0 saturated carbocycles. The standard InChI is InChI=1S/C12H16N2O3/c13-8-4-5-9-14-12(16)17-11(15)10-6-2-1-3-7-10/h1-3,6-7H,4-5,8-9,13H2,(H,14,16). The second-order valence-electron chi connectivity index (χ2n) is 3.47. The van der Waals surface area contributed by atoms with Crippen molar-refractivity contribution >= 4 is 12.1 Å². The lowest BCUT2D eigenvalue weighted by molar-refractivity contribution is 0.0622. The molecule has 17 heavy (non-hydrogen) atoms. The number of esters is 1. The van der Waals surface area contributed by atoms with Crippen molar-refractivity contribution in [1.29, 1.82) is 0 Å². The van der Waals surface area contributed by atoms with Crippen molar-refractivity contribution in [2.45, 2.75) is 12.8 Å². The highest BCUT2D eigenvalue weighted by atomic mass is 16.6. The van der Waals surface area contributed by atoms with Crippen LogP contribution in [0.25, 0.3) is 0 Å². The second-order valence-corrected chi connectivity index (χ2v) is 3.47. The van der Waals surface area contributed by atoms with Gasteiger partial charge in [-0.2, -0.15) is 0 Å². The van der Waals surface area contributed by atoms with Crippen molar-refractivity contribution in [3.05, 3.63) is 35.9 Å². The van der Waals surface area contributed by atoms with Gasteiger partial charge < -0.3 is 15.8 Å². The number of unbranched alkanes of at least 4 members (excludes halogenated alkanes) is 1. The molecule has 0 aliphatic carbocycles. The highest BCUT2D eigenvalue weighted by Crippen LogP contribution is 2.00. The van der Waals surface area contributed by atoms with E-state index in [1.165, 1.54) is 0 Å². The van der Waals surface area contributed by atoms with E-state index in [0.717, 1.165) is 12.8 Å². The van der Waals surface area contributed by atoms with Crippen LogP contribution in [0, 0.1) is 0 Å². The molecule has 5 nitrogen and oxygen atoms in total. The van der Waals surface area contributed by atoms with Gasteiger partial charge in [0.2, 0.25) is 0 Å². The third-order valence-corrected chi connectivity index (χ3v) is 2.10. The van der Waals surface area contributed by atoms with Gasteiger partial charge in [-0.15, -0.1) is 0 Å². The van der Waals surface area contributed by atoms with E-state index in [1.54, 1.807) is 30.3 Å². The Kier molecular flexibility index (Phi) is 5.74. The Morgan fingerprint density at radius 1 is 1.18 bits per heavy atom. The summed E-state index contributed by atoms with van der Waals surface area (Å²) in [5.41, 5.74) is 5.66. The first-order valence-corrected chi connectivity index (χ1v) is 5.49. The summed E-state index contributed by atoms with van der Waals surface area (Å²) < 4.78 is 4.60. The maximum absolute atomic E-state index is 11.4. The van der Waals surface area contributed by atoms with Crippen LogP contribution in [0.5, 0.6) is 0 Å². The summed E-state index contributed by atoms with van der Waals surface area (Å²) in [6.07, 6.45) is 0.869. The molecule has 1 rings (SSSR count). The fourth-order valence-electron chi connectivity index (χ4n) is 1.21. The molecule has 5 heteroatoms. The molecule has 1 aromatic carbocycles. The van der Waals surface area contributed by atoms with Crippen LogP contribution in [-0.4, -0.2) is 25.2 Å². The molecule has 0 radical (unpaired) electrons. The van der Waals surface area contributed by atoms with E-state index >= 15 is 0 Å². The van der Waals surface area contributed by atoms with Gasteiger partial charge in [0, 0.05) is 6.54 Å². The molecule has 92 valence electrons. The number of hydrogen-bond donors (Lipinski definition) is 2. The van der Waals surface area contributed by atoms with Crippen molar-refractivity contribution < 1.29 is 14.3 Å². The van der Waals surface area contributed by atoms with Gasteiger partial charge in [0.15, 0.2) is 0 Å². The SMILES string of the molecule is NCCCCNC(=O)OC(=O)c1ccccc1. The number of hydrogen-bond acceptors (Lipinski definition) is 4. The van der Waals surface area contributed by atoms with Crippen molar-refractivity contribution in [2.75, 3.05) is 13.1 Å². The van der Waals surface area contributed by atoms with Crippen LogP contribution in [0.2, 0.25) is 0 Å². The van der Waals surface area contributed by atoms with Gasteiger partial charge >= 0.3 is 12.1 Å². The topological polar surface area (TPSA) is 81.4 Å². The zero-order valence-electron chi connectivity index (χ0n) is 9.52. The minimum atomic E-state index is -0.726. The Labute approximate surface area is 99.9 Å². The number of nitrogens with one attached hydrogen (secondary N) is 1. The van der Waals surface area contributed by atoms with Gasteiger partial charge in [-0.1, -0.05) is 18.2 Å². The van der Waals surface area contributed by atoms with Gasteiger partial charge in [-0.3, -0.25) is 0 Å². The fourth-order valence-corrected chi connectivity index (χ4v) is 1.21. The Bertz CT molecular complexity index is 365. The molecule has 0 atom stereocenters. The summed E-state index contributed by atoms with van der Waals surface area (Å²) in [6.45, 7) is 1.04. The van der Waals surface area contributed by atoms with Crippen LogP contribution >= 0.6 is 0 Å². The highest BCUT2D eigenvalue weighted by Gasteiger charge is 2.11. The minimum Gasteiger partial charge on any atom is -0.373 e. The summed E-state index contributed by atoms with van der Waals surface area (Å²) in [7, 11) is 0. The number of benzene rings is 1. The molecule has 0 aliphatic heterocycles. The molecule has 1 amide bonds. The van der Waals surface area contributed by atoms with Crippen molar-refractivity contribution in [2.24, 2.45) is 5.73 Å². The third kappa shape index (κ3) is 5.12. The summed E-state index contributed by atoms with van der Waals surface area (Å²) >= 11 is 0. The largest absolute Gasteiger partial charge is 0.415 e. The molecule has 0 aliphatic rings. The molecule has 3 N–H and O–H groups in total. The Hall–Kier alpha value is -1.88. The smallest absolute Gasteiger partial charge is 0.373 e. The van der Waals surface area contributed by atoms with Crippen LogP contribution < -0.4 is 11.1 Å². The van der Waals surface area contributed by atoms with E-state index < -0.39 is 12.1 Å². The summed E-state index contributed by atoms with van der Waals surface area (Å²) in [5.74, 6) is -0.651. The zero-order valence-corrected chi connectivity index (χ0v) is 9.52. The first-order valence-electron chi connectivity index (χ1n) is 5.49. The van der Waals surface area contributed by atoms with E-state index in [-0.39, 0.29) is 0 Å². The van der Waals surface area contributed by atoms with Crippen molar-refractivity contribution in [3.8, 4) is 0 Å². The van der Waals surface area contributed by atoms with E-state index in [1.807, 2.05) is 0 Å². The van der Waals surface area contributed by atoms with E-state index in [2.05, 4.69) is 10.1 Å². The summed E-state index contributed by atoms with van der Waals surface area (Å²) in [4.78, 5) is 22.6.